The Bertz CT molecular complexity index is 528. The summed E-state index contributed by atoms with van der Waals surface area (Å²) in [4.78, 5) is 15.4. The van der Waals surface area contributed by atoms with E-state index in [1.165, 1.54) is 21.7 Å². The molecule has 17 heavy (non-hydrogen) atoms. The number of fused-ring (bicyclic) bond motifs is 1. The highest BCUT2D eigenvalue weighted by Crippen LogP contribution is 2.11. The second-order valence-corrected chi connectivity index (χ2v) is 2.95. The average Bonchev–Trinajstić information content (AvgIpc) is 2.65. The summed E-state index contributed by atoms with van der Waals surface area (Å²) < 4.78 is 15.9. The topological polar surface area (TPSA) is 39.8 Å². The maximum Gasteiger partial charge on any atom is 0.265 e. The Morgan fingerprint density at radius 1 is 1.12 bits per heavy atom. The van der Waals surface area contributed by atoms with E-state index in [0.717, 1.165) is 0 Å². The highest BCUT2D eigenvalue weighted by molar-refractivity contribution is 5.75. The van der Waals surface area contributed by atoms with Gasteiger partial charge in [-0.3, -0.25) is 4.79 Å². The molecule has 5 heteroatoms. The van der Waals surface area contributed by atoms with Crippen molar-refractivity contribution in [1.82, 2.24) is 14.1 Å². The predicted molar refractivity (Wildman–Crippen MR) is 68.6 cm³/mol. The van der Waals surface area contributed by atoms with Gasteiger partial charge in [0.2, 0.25) is 0 Å². The summed E-state index contributed by atoms with van der Waals surface area (Å²) in [6.45, 7) is 8.00. The highest BCUT2D eigenvalue weighted by Gasteiger charge is 2.11. The average molecular weight is 241 g/mol. The molecule has 0 atom stereocenters. The molecule has 0 aliphatic rings. The van der Waals surface area contributed by atoms with E-state index in [4.69, 9.17) is 0 Å². The monoisotopic (exact) mass is 241 g/mol. The van der Waals surface area contributed by atoms with Gasteiger partial charge in [0.25, 0.3) is 5.56 Å². The lowest BCUT2D eigenvalue weighted by atomic mass is 10.4. The van der Waals surface area contributed by atoms with Crippen LogP contribution < -0.4 is 5.56 Å². The SMILES string of the molecule is CC.CC.Cn1cnc2c(c(F)cn2C)c1=O. The summed E-state index contributed by atoms with van der Waals surface area (Å²) in [7, 11) is 3.19. The van der Waals surface area contributed by atoms with Crippen molar-refractivity contribution >= 4 is 11.0 Å². The molecular weight excluding hydrogens is 221 g/mol. The van der Waals surface area contributed by atoms with Crippen molar-refractivity contribution in [3.63, 3.8) is 0 Å². The number of aromatic nitrogens is 3. The zero-order valence-electron chi connectivity index (χ0n) is 11.3. The molecule has 0 fully saturated rings. The summed E-state index contributed by atoms with van der Waals surface area (Å²) in [6, 6.07) is 0. The fourth-order valence-electron chi connectivity index (χ4n) is 1.30. The van der Waals surface area contributed by atoms with Gasteiger partial charge in [-0.25, -0.2) is 9.37 Å². The number of rotatable bonds is 0. The summed E-state index contributed by atoms with van der Waals surface area (Å²) >= 11 is 0. The van der Waals surface area contributed by atoms with Gasteiger partial charge in [-0.1, -0.05) is 27.7 Å². The molecule has 0 saturated carbocycles. The van der Waals surface area contributed by atoms with E-state index in [0.29, 0.717) is 5.65 Å². The van der Waals surface area contributed by atoms with Crippen LogP contribution in [0.25, 0.3) is 11.0 Å². The molecule has 0 aromatic carbocycles. The normalized spacial score (nSPS) is 9.12. The Morgan fingerprint density at radius 2 is 1.65 bits per heavy atom. The smallest absolute Gasteiger partial charge is 0.265 e. The largest absolute Gasteiger partial charge is 0.332 e. The minimum atomic E-state index is -0.522. The van der Waals surface area contributed by atoms with E-state index in [1.807, 2.05) is 27.7 Å². The second kappa shape index (κ2) is 6.83. The van der Waals surface area contributed by atoms with Gasteiger partial charge in [-0.15, -0.1) is 0 Å². The first kappa shape index (κ1) is 15.3. The van der Waals surface area contributed by atoms with Crippen LogP contribution in [0.4, 0.5) is 4.39 Å². The van der Waals surface area contributed by atoms with Gasteiger partial charge in [0, 0.05) is 20.3 Å². The Labute approximate surface area is 101 Å². The lowest BCUT2D eigenvalue weighted by molar-refractivity contribution is 0.631. The molecule has 2 heterocycles. The molecule has 0 radical (unpaired) electrons. The van der Waals surface area contributed by atoms with Crippen molar-refractivity contribution in [3.8, 4) is 0 Å². The molecule has 0 amide bonds. The van der Waals surface area contributed by atoms with Crippen LogP contribution in [0.2, 0.25) is 0 Å². The molecule has 0 bridgehead atoms. The van der Waals surface area contributed by atoms with Crippen molar-refractivity contribution in [2.45, 2.75) is 27.7 Å². The number of nitrogens with zero attached hydrogens (tertiary/aromatic N) is 3. The molecule has 0 spiro atoms. The lowest BCUT2D eigenvalue weighted by Crippen LogP contribution is -2.17. The molecule has 0 unspecified atom stereocenters. The van der Waals surface area contributed by atoms with E-state index in [1.54, 1.807) is 14.1 Å². The quantitative estimate of drug-likeness (QED) is 0.710. The van der Waals surface area contributed by atoms with Gasteiger partial charge in [0.05, 0.1) is 6.33 Å². The number of aryl methyl sites for hydroxylation is 2. The van der Waals surface area contributed by atoms with Gasteiger partial charge in [0.1, 0.15) is 11.0 Å². The first-order valence-electron chi connectivity index (χ1n) is 5.77. The van der Waals surface area contributed by atoms with Gasteiger partial charge in [-0.05, 0) is 0 Å². The van der Waals surface area contributed by atoms with E-state index < -0.39 is 5.82 Å². The zero-order valence-corrected chi connectivity index (χ0v) is 11.3. The first-order valence-corrected chi connectivity index (χ1v) is 5.77. The van der Waals surface area contributed by atoms with Crippen LogP contribution >= 0.6 is 0 Å². The summed E-state index contributed by atoms with van der Waals surface area (Å²) in [6.07, 6.45) is 2.63. The molecule has 2 aromatic rings. The van der Waals surface area contributed by atoms with Crippen LogP contribution in [0.3, 0.4) is 0 Å². The molecular formula is C12H20FN3O. The number of hydrogen-bond acceptors (Lipinski definition) is 2. The van der Waals surface area contributed by atoms with Crippen LogP contribution in [0.1, 0.15) is 27.7 Å². The van der Waals surface area contributed by atoms with Crippen LogP contribution in [0.5, 0.6) is 0 Å². The highest BCUT2D eigenvalue weighted by atomic mass is 19.1. The Morgan fingerprint density at radius 3 is 2.18 bits per heavy atom. The van der Waals surface area contributed by atoms with Gasteiger partial charge < -0.3 is 9.13 Å². The second-order valence-electron chi connectivity index (χ2n) is 2.95. The summed E-state index contributed by atoms with van der Waals surface area (Å²) in [5.74, 6) is -0.522. The number of halogens is 1. The van der Waals surface area contributed by atoms with E-state index in [9.17, 15) is 9.18 Å². The van der Waals surface area contributed by atoms with E-state index in [2.05, 4.69) is 4.98 Å². The van der Waals surface area contributed by atoms with Crippen LogP contribution in [0.15, 0.2) is 17.3 Å². The molecule has 0 aliphatic heterocycles. The molecule has 0 N–H and O–H groups in total. The first-order chi connectivity index (χ1) is 8.11. The summed E-state index contributed by atoms with van der Waals surface area (Å²) in [5.41, 5.74) is 0.0173. The third-order valence-electron chi connectivity index (χ3n) is 1.99. The van der Waals surface area contributed by atoms with Crippen molar-refractivity contribution in [2.24, 2.45) is 14.1 Å². The predicted octanol–water partition coefficient (Wildman–Crippen LogP) is 2.46. The third kappa shape index (κ3) is 2.93. The van der Waals surface area contributed by atoms with Crippen molar-refractivity contribution in [1.29, 1.82) is 0 Å². The Balaban J connectivity index is 0.000000581. The maximum absolute atomic E-state index is 13.2. The minimum absolute atomic E-state index is 0.0486. The van der Waals surface area contributed by atoms with E-state index >= 15 is 0 Å². The van der Waals surface area contributed by atoms with Crippen LogP contribution in [0, 0.1) is 5.82 Å². The third-order valence-corrected chi connectivity index (χ3v) is 1.99. The van der Waals surface area contributed by atoms with Crippen molar-refractivity contribution < 1.29 is 4.39 Å². The Hall–Kier alpha value is -1.65. The van der Waals surface area contributed by atoms with Crippen molar-refractivity contribution in [2.75, 3.05) is 0 Å². The zero-order chi connectivity index (χ0) is 13.6. The van der Waals surface area contributed by atoms with Crippen molar-refractivity contribution in [3.05, 3.63) is 28.7 Å². The minimum Gasteiger partial charge on any atom is -0.332 e. The number of hydrogen-bond donors (Lipinski definition) is 0. The Kier molecular flexibility index (Phi) is 6.17. The standard InChI is InChI=1S/C8H8FN3O.2C2H6/c1-11-3-5(9)6-7(11)10-4-12(2)8(6)13;2*1-2/h3-4H,1-2H3;2*1-2H3. The molecule has 0 aliphatic carbocycles. The van der Waals surface area contributed by atoms with Crippen LogP contribution in [-0.4, -0.2) is 14.1 Å². The molecule has 2 aromatic heterocycles. The van der Waals surface area contributed by atoms with Gasteiger partial charge >= 0.3 is 0 Å². The van der Waals surface area contributed by atoms with Gasteiger partial charge in [-0.2, -0.15) is 0 Å². The molecule has 96 valence electrons. The summed E-state index contributed by atoms with van der Waals surface area (Å²) in [5, 5.41) is 0.0486. The molecule has 4 nitrogen and oxygen atoms in total. The molecule has 0 saturated heterocycles. The van der Waals surface area contributed by atoms with Crippen LogP contribution in [-0.2, 0) is 14.1 Å². The van der Waals surface area contributed by atoms with E-state index in [-0.39, 0.29) is 10.9 Å². The lowest BCUT2D eigenvalue weighted by Gasteiger charge is -1.96. The maximum atomic E-state index is 13.2. The fourth-order valence-corrected chi connectivity index (χ4v) is 1.30. The molecule has 2 rings (SSSR count). The van der Waals surface area contributed by atoms with Gasteiger partial charge in [0.15, 0.2) is 5.82 Å². The fraction of sp³-hybridized carbons (Fsp3) is 0.500.